The Morgan fingerprint density at radius 3 is 2.76 bits per heavy atom. The molecule has 3 rings (SSSR count). The number of hydrogen-bond donors (Lipinski definition) is 2. The summed E-state index contributed by atoms with van der Waals surface area (Å²) >= 11 is 5.33. The quantitative estimate of drug-likeness (QED) is 0.502. The molecule has 2 heterocycles. The molecule has 6 nitrogen and oxygen atoms in total. The largest absolute Gasteiger partial charge is 0.494 e. The van der Waals surface area contributed by atoms with Crippen LogP contribution in [0.4, 0.5) is 5.69 Å². The van der Waals surface area contributed by atoms with Gasteiger partial charge in [-0.05, 0) is 55.0 Å². The second kappa shape index (κ2) is 10.0. The van der Waals surface area contributed by atoms with Gasteiger partial charge in [0, 0.05) is 17.5 Å². The maximum atomic E-state index is 13.0. The minimum atomic E-state index is -0.941. The molecule has 1 aliphatic rings. The van der Waals surface area contributed by atoms with Gasteiger partial charge >= 0.3 is 0 Å². The lowest BCUT2D eigenvalue weighted by Crippen LogP contribution is -2.49. The molecule has 7 heteroatoms. The monoisotopic (exact) mass is 411 g/mol. The average molecular weight is 412 g/mol. The summed E-state index contributed by atoms with van der Waals surface area (Å²) in [6.07, 6.45) is 11.7. The van der Waals surface area contributed by atoms with Crippen molar-refractivity contribution in [1.29, 1.82) is 0 Å². The Kier molecular flexibility index (Phi) is 7.19. The van der Waals surface area contributed by atoms with Gasteiger partial charge in [0.2, 0.25) is 5.91 Å². The summed E-state index contributed by atoms with van der Waals surface area (Å²) in [5.74, 6) is 0.547. The van der Waals surface area contributed by atoms with Crippen molar-refractivity contribution in [2.75, 3.05) is 18.5 Å². The standard InChI is InChI=1S/C22H25N3O3S/c1-2-3-4-13-28-19-8-6-18(7-9-19)24-21(29)25-20(26)22(11-5-12-23-16-22)17-10-14-27-15-17/h5-12,14-15H,2-4,13,16H2,1H3,(H2,24,25,26,29). The fourth-order valence-corrected chi connectivity index (χ4v) is 3.27. The fraction of sp³-hybridized carbons (Fsp3) is 0.318. The summed E-state index contributed by atoms with van der Waals surface area (Å²) in [6, 6.07) is 9.25. The van der Waals surface area contributed by atoms with E-state index in [2.05, 4.69) is 22.5 Å². The highest BCUT2D eigenvalue weighted by Crippen LogP contribution is 2.29. The van der Waals surface area contributed by atoms with Gasteiger partial charge in [-0.15, -0.1) is 0 Å². The Hall–Kier alpha value is -2.93. The molecule has 0 bridgehead atoms. The highest BCUT2D eigenvalue weighted by atomic mass is 32.1. The Bertz CT molecular complexity index is 875. The number of thiocarbonyl (C=S) groups is 1. The van der Waals surface area contributed by atoms with Crippen molar-refractivity contribution in [3.8, 4) is 5.75 Å². The lowest BCUT2D eigenvalue weighted by atomic mass is 9.79. The number of amides is 1. The van der Waals surface area contributed by atoms with E-state index in [-0.39, 0.29) is 11.0 Å². The molecule has 0 radical (unpaired) electrons. The summed E-state index contributed by atoms with van der Waals surface area (Å²) in [5, 5.41) is 6.03. The molecular formula is C22H25N3O3S. The number of anilines is 1. The summed E-state index contributed by atoms with van der Waals surface area (Å²) in [4.78, 5) is 17.3. The van der Waals surface area contributed by atoms with Gasteiger partial charge in [0.05, 0.1) is 25.7 Å². The Balaban J connectivity index is 1.58. The Morgan fingerprint density at radius 1 is 1.28 bits per heavy atom. The van der Waals surface area contributed by atoms with Gasteiger partial charge in [0.15, 0.2) is 5.11 Å². The van der Waals surface area contributed by atoms with Crippen LogP contribution in [-0.2, 0) is 10.2 Å². The second-order valence-corrected chi connectivity index (χ2v) is 7.23. The number of allylic oxidation sites excluding steroid dienone is 1. The number of dihydropyridines is 1. The molecule has 2 aromatic rings. The molecule has 0 saturated heterocycles. The number of nitrogens with zero attached hydrogens (tertiary/aromatic N) is 1. The second-order valence-electron chi connectivity index (χ2n) is 6.82. The molecule has 1 atom stereocenters. The van der Waals surface area contributed by atoms with E-state index in [0.717, 1.165) is 29.8 Å². The summed E-state index contributed by atoms with van der Waals surface area (Å²) in [6.45, 7) is 3.17. The zero-order chi connectivity index (χ0) is 20.5. The molecule has 2 N–H and O–H groups in total. The van der Waals surface area contributed by atoms with E-state index in [4.69, 9.17) is 21.4 Å². The maximum Gasteiger partial charge on any atom is 0.242 e. The topological polar surface area (TPSA) is 75.9 Å². The normalized spacial score (nSPS) is 17.7. The van der Waals surface area contributed by atoms with Gasteiger partial charge < -0.3 is 19.8 Å². The SMILES string of the molecule is CCCCCOc1ccc(NC(=S)NC(=O)C2(c3ccoc3)C=CC=NC2)cc1. The Labute approximate surface area is 176 Å². The number of aliphatic imine (C=N–C) groups is 1. The first-order valence-corrected chi connectivity index (χ1v) is 10.1. The number of furan rings is 1. The zero-order valence-corrected chi connectivity index (χ0v) is 17.2. The number of unbranched alkanes of at least 4 members (excludes halogenated alkanes) is 2. The molecular weight excluding hydrogens is 386 g/mol. The predicted molar refractivity (Wildman–Crippen MR) is 119 cm³/mol. The number of benzene rings is 1. The van der Waals surface area contributed by atoms with Crippen LogP contribution in [0.5, 0.6) is 5.75 Å². The number of ether oxygens (including phenoxy) is 1. The lowest BCUT2D eigenvalue weighted by molar-refractivity contribution is -0.123. The summed E-state index contributed by atoms with van der Waals surface area (Å²) < 4.78 is 10.9. The van der Waals surface area contributed by atoms with Gasteiger partial charge in [-0.1, -0.05) is 25.8 Å². The lowest BCUT2D eigenvalue weighted by Gasteiger charge is -2.28. The van der Waals surface area contributed by atoms with Crippen LogP contribution in [0, 0.1) is 0 Å². The molecule has 0 aliphatic carbocycles. The minimum Gasteiger partial charge on any atom is -0.494 e. The van der Waals surface area contributed by atoms with Crippen molar-refractivity contribution < 1.29 is 13.9 Å². The van der Waals surface area contributed by atoms with Gasteiger partial charge in [-0.25, -0.2) is 0 Å². The fourth-order valence-electron chi connectivity index (χ4n) is 3.06. The number of rotatable bonds is 8. The van der Waals surface area contributed by atoms with E-state index in [9.17, 15) is 4.79 Å². The van der Waals surface area contributed by atoms with E-state index in [1.54, 1.807) is 30.9 Å². The van der Waals surface area contributed by atoms with E-state index in [1.165, 1.54) is 6.42 Å². The van der Waals surface area contributed by atoms with E-state index in [0.29, 0.717) is 13.2 Å². The van der Waals surface area contributed by atoms with Gasteiger partial charge in [0.1, 0.15) is 11.2 Å². The number of hydrogen-bond acceptors (Lipinski definition) is 5. The molecule has 1 amide bonds. The van der Waals surface area contributed by atoms with Crippen LogP contribution in [0.25, 0.3) is 0 Å². The van der Waals surface area contributed by atoms with Crippen LogP contribution in [0.3, 0.4) is 0 Å². The third-order valence-corrected chi connectivity index (χ3v) is 4.91. The highest BCUT2D eigenvalue weighted by Gasteiger charge is 2.39. The van der Waals surface area contributed by atoms with Crippen LogP contribution in [0.1, 0.15) is 31.7 Å². The third-order valence-electron chi connectivity index (χ3n) is 4.71. The van der Waals surface area contributed by atoms with Crippen molar-refractivity contribution in [2.45, 2.75) is 31.6 Å². The molecule has 29 heavy (non-hydrogen) atoms. The van der Waals surface area contributed by atoms with Crippen LogP contribution in [0.2, 0.25) is 0 Å². The first kappa shape index (κ1) is 20.8. The predicted octanol–water partition coefficient (Wildman–Crippen LogP) is 4.24. The van der Waals surface area contributed by atoms with Crippen LogP contribution >= 0.6 is 12.2 Å². The maximum absolute atomic E-state index is 13.0. The van der Waals surface area contributed by atoms with E-state index >= 15 is 0 Å². The summed E-state index contributed by atoms with van der Waals surface area (Å²) in [7, 11) is 0. The number of carbonyl (C=O) groups is 1. The Morgan fingerprint density at radius 2 is 2.10 bits per heavy atom. The average Bonchev–Trinajstić information content (AvgIpc) is 3.28. The van der Waals surface area contributed by atoms with Crippen molar-refractivity contribution in [1.82, 2.24) is 5.32 Å². The van der Waals surface area contributed by atoms with Crippen molar-refractivity contribution in [2.24, 2.45) is 4.99 Å². The van der Waals surface area contributed by atoms with Gasteiger partial charge in [-0.2, -0.15) is 0 Å². The zero-order valence-electron chi connectivity index (χ0n) is 16.4. The van der Waals surface area contributed by atoms with Gasteiger partial charge in [0.25, 0.3) is 0 Å². The molecule has 1 unspecified atom stereocenters. The molecule has 1 aliphatic heterocycles. The first-order valence-electron chi connectivity index (χ1n) is 9.69. The molecule has 0 saturated carbocycles. The first-order chi connectivity index (χ1) is 14.1. The number of carbonyl (C=O) groups excluding carboxylic acids is 1. The van der Waals surface area contributed by atoms with E-state index in [1.807, 2.05) is 30.3 Å². The summed E-state index contributed by atoms with van der Waals surface area (Å²) in [5.41, 5.74) is 0.560. The molecule has 152 valence electrons. The molecule has 1 aromatic heterocycles. The highest BCUT2D eigenvalue weighted by molar-refractivity contribution is 7.80. The number of nitrogens with one attached hydrogen (secondary N) is 2. The van der Waals surface area contributed by atoms with Crippen LogP contribution in [0.15, 0.2) is 64.4 Å². The van der Waals surface area contributed by atoms with E-state index < -0.39 is 5.41 Å². The smallest absolute Gasteiger partial charge is 0.242 e. The molecule has 1 aromatic carbocycles. The van der Waals surface area contributed by atoms with Crippen LogP contribution in [-0.4, -0.2) is 30.4 Å². The molecule has 0 spiro atoms. The molecule has 0 fully saturated rings. The minimum absolute atomic E-state index is 0.220. The van der Waals surface area contributed by atoms with Crippen LogP contribution < -0.4 is 15.4 Å². The van der Waals surface area contributed by atoms with Gasteiger partial charge in [-0.3, -0.25) is 9.79 Å². The van der Waals surface area contributed by atoms with Crippen molar-refractivity contribution >= 4 is 35.1 Å². The van der Waals surface area contributed by atoms with Crippen molar-refractivity contribution in [3.63, 3.8) is 0 Å². The van der Waals surface area contributed by atoms with Crippen molar-refractivity contribution in [3.05, 3.63) is 60.6 Å². The third kappa shape index (κ3) is 5.32.